The molecule has 0 unspecified atom stereocenters. The molecule has 7 nitrogen and oxygen atoms in total. The van der Waals surface area contributed by atoms with Crippen LogP contribution in [0.4, 0.5) is 11.4 Å². The van der Waals surface area contributed by atoms with Crippen LogP contribution >= 0.6 is 0 Å². The van der Waals surface area contributed by atoms with Crippen molar-refractivity contribution in [2.45, 2.75) is 27.7 Å². The second-order valence-corrected chi connectivity index (χ2v) is 7.78. The molecule has 0 atom stereocenters. The third-order valence-electron chi connectivity index (χ3n) is 5.73. The molecule has 178 valence electrons. The zero-order valence-corrected chi connectivity index (χ0v) is 20.7. The maximum Gasteiger partial charge on any atom is 0.211 e. The predicted molar refractivity (Wildman–Crippen MR) is 140 cm³/mol. The first-order valence-corrected chi connectivity index (χ1v) is 11.1. The summed E-state index contributed by atoms with van der Waals surface area (Å²) in [4.78, 5) is 15.3. The monoisotopic (exact) mass is 460 g/mol. The van der Waals surface area contributed by atoms with Crippen molar-refractivity contribution in [1.29, 1.82) is 0 Å². The van der Waals surface area contributed by atoms with Crippen LogP contribution in [0.3, 0.4) is 0 Å². The summed E-state index contributed by atoms with van der Waals surface area (Å²) >= 11 is 0. The molecule has 0 aliphatic heterocycles. The van der Waals surface area contributed by atoms with Gasteiger partial charge in [-0.05, 0) is 58.0 Å². The highest BCUT2D eigenvalue weighted by molar-refractivity contribution is 6.05. The van der Waals surface area contributed by atoms with Crippen LogP contribution in [0.5, 0.6) is 11.5 Å². The molecule has 0 radical (unpaired) electrons. The summed E-state index contributed by atoms with van der Waals surface area (Å²) < 4.78 is 13.5. The number of nitrogens with zero attached hydrogens (tertiary/aromatic N) is 2. The number of rotatable bonds is 10. The molecular weight excluding hydrogens is 428 g/mol. The van der Waals surface area contributed by atoms with E-state index in [2.05, 4.69) is 40.6 Å². The molecule has 0 saturated carbocycles. The largest absolute Gasteiger partial charge is 0.494 e. The van der Waals surface area contributed by atoms with Crippen LogP contribution in [0.25, 0.3) is 11.4 Å². The number of ether oxygens (including phenoxy) is 2. The van der Waals surface area contributed by atoms with E-state index < -0.39 is 0 Å². The van der Waals surface area contributed by atoms with Crippen molar-refractivity contribution in [3.8, 4) is 17.2 Å². The van der Waals surface area contributed by atoms with Gasteiger partial charge in [-0.2, -0.15) is 0 Å². The first-order valence-electron chi connectivity index (χ1n) is 11.1. The number of nitrogens with one attached hydrogen (secondary N) is 2. The summed E-state index contributed by atoms with van der Waals surface area (Å²) in [6, 6.07) is 13.3. The van der Waals surface area contributed by atoms with Crippen LogP contribution in [0.15, 0.2) is 54.0 Å². The maximum atomic E-state index is 10.8. The lowest BCUT2D eigenvalue weighted by molar-refractivity contribution is -0.105. The van der Waals surface area contributed by atoms with Crippen molar-refractivity contribution in [3.63, 3.8) is 0 Å². The Balaban J connectivity index is 2.14. The number of methoxy groups -OCH3 is 1. The maximum absolute atomic E-state index is 10.8. The van der Waals surface area contributed by atoms with Gasteiger partial charge in [0.05, 0.1) is 19.4 Å². The van der Waals surface area contributed by atoms with Gasteiger partial charge in [0, 0.05) is 58.4 Å². The minimum absolute atomic E-state index is 0.583. The molecule has 1 amide bonds. The molecule has 0 bridgehead atoms. The third kappa shape index (κ3) is 4.83. The van der Waals surface area contributed by atoms with Crippen molar-refractivity contribution in [2.75, 3.05) is 31.4 Å². The van der Waals surface area contributed by atoms with Crippen LogP contribution < -0.4 is 20.1 Å². The van der Waals surface area contributed by atoms with E-state index in [1.54, 1.807) is 14.2 Å². The van der Waals surface area contributed by atoms with Gasteiger partial charge in [-0.25, -0.2) is 0 Å². The van der Waals surface area contributed by atoms with Gasteiger partial charge in [0.2, 0.25) is 6.41 Å². The lowest BCUT2D eigenvalue weighted by Crippen LogP contribution is -2.05. The molecule has 7 heteroatoms. The third-order valence-corrected chi connectivity index (χ3v) is 5.73. The molecule has 2 aromatic carbocycles. The average Bonchev–Trinajstić information content (AvgIpc) is 3.09. The molecule has 1 aromatic heterocycles. The normalized spacial score (nSPS) is 11.2. The Kier molecular flexibility index (Phi) is 7.79. The molecule has 0 aliphatic rings. The zero-order valence-electron chi connectivity index (χ0n) is 20.7. The minimum Gasteiger partial charge on any atom is -0.494 e. The van der Waals surface area contributed by atoms with Crippen LogP contribution in [-0.2, 0) is 4.79 Å². The van der Waals surface area contributed by atoms with Gasteiger partial charge < -0.3 is 24.7 Å². The lowest BCUT2D eigenvalue weighted by Gasteiger charge is -2.16. The van der Waals surface area contributed by atoms with Gasteiger partial charge >= 0.3 is 0 Å². The molecule has 0 aliphatic carbocycles. The van der Waals surface area contributed by atoms with E-state index in [0.29, 0.717) is 24.5 Å². The Morgan fingerprint density at radius 1 is 1.12 bits per heavy atom. The second kappa shape index (κ2) is 10.7. The smallest absolute Gasteiger partial charge is 0.211 e. The predicted octanol–water partition coefficient (Wildman–Crippen LogP) is 5.59. The second-order valence-electron chi connectivity index (χ2n) is 7.78. The van der Waals surface area contributed by atoms with Crippen LogP contribution in [-0.4, -0.2) is 37.5 Å². The molecule has 3 aromatic rings. The number of benzene rings is 2. The summed E-state index contributed by atoms with van der Waals surface area (Å²) in [5.74, 6) is 1.47. The summed E-state index contributed by atoms with van der Waals surface area (Å²) in [5.41, 5.74) is 8.04. The van der Waals surface area contributed by atoms with Crippen molar-refractivity contribution >= 4 is 29.2 Å². The summed E-state index contributed by atoms with van der Waals surface area (Å²) in [7, 11) is 3.44. The van der Waals surface area contributed by atoms with Crippen molar-refractivity contribution < 1.29 is 14.3 Å². The van der Waals surface area contributed by atoms with E-state index in [1.807, 2.05) is 56.3 Å². The highest BCUT2D eigenvalue weighted by Crippen LogP contribution is 2.36. The topological polar surface area (TPSA) is 76.9 Å². The van der Waals surface area contributed by atoms with E-state index >= 15 is 0 Å². The van der Waals surface area contributed by atoms with Crippen LogP contribution in [0, 0.1) is 13.8 Å². The number of carbonyl (C=O) groups is 1. The fourth-order valence-electron chi connectivity index (χ4n) is 4.21. The van der Waals surface area contributed by atoms with Gasteiger partial charge in [0.15, 0.2) is 0 Å². The Hall–Kier alpha value is -4.00. The number of aromatic nitrogens is 1. The van der Waals surface area contributed by atoms with Gasteiger partial charge in [0.1, 0.15) is 11.5 Å². The van der Waals surface area contributed by atoms with Crippen LogP contribution in [0.2, 0.25) is 0 Å². The number of hydrogen-bond acceptors (Lipinski definition) is 5. The fraction of sp³-hybridized carbons (Fsp3) is 0.259. The van der Waals surface area contributed by atoms with E-state index in [4.69, 9.17) is 9.47 Å². The zero-order chi connectivity index (χ0) is 24.8. The number of hydrogen-bond donors (Lipinski definition) is 2. The van der Waals surface area contributed by atoms with Gasteiger partial charge in [-0.1, -0.05) is 12.6 Å². The van der Waals surface area contributed by atoms with Crippen molar-refractivity contribution in [1.82, 2.24) is 4.57 Å². The van der Waals surface area contributed by atoms with Gasteiger partial charge in [-0.15, -0.1) is 0 Å². The van der Waals surface area contributed by atoms with E-state index in [-0.39, 0.29) is 0 Å². The molecule has 0 fully saturated rings. The van der Waals surface area contributed by atoms with Crippen molar-refractivity contribution in [2.24, 2.45) is 4.99 Å². The standard InChI is InChI=1S/C27H32N4O3/c1-8-34-23-12-13-24(25(15-23)33-7)31-19(4)26(17(2)28-6)27(20(31)5)18(3)30-22-11-9-10-21(14-22)29-16-32/h9-16,30H,3,8H2,1-2,4-7H3,(H,29,32). The number of anilines is 2. The molecule has 0 saturated heterocycles. The SMILES string of the molecule is C=C(Nc1cccc(NC=O)c1)c1c(C(C)=NC)c(C)n(-c2ccc(OCC)cc2OC)c1C. The molecule has 1 heterocycles. The summed E-state index contributed by atoms with van der Waals surface area (Å²) in [5, 5.41) is 6.07. The summed E-state index contributed by atoms with van der Waals surface area (Å²) in [6.45, 7) is 13.0. The first kappa shape index (κ1) is 24.6. The van der Waals surface area contributed by atoms with E-state index in [1.165, 1.54) is 0 Å². The molecule has 34 heavy (non-hydrogen) atoms. The number of aliphatic imine (C=N–C) groups is 1. The Bertz CT molecular complexity index is 1240. The molecule has 0 spiro atoms. The van der Waals surface area contributed by atoms with Crippen molar-refractivity contribution in [3.05, 3.63) is 71.6 Å². The average molecular weight is 461 g/mol. The Morgan fingerprint density at radius 2 is 1.82 bits per heavy atom. The van der Waals surface area contributed by atoms with E-state index in [0.717, 1.165) is 51.0 Å². The lowest BCUT2D eigenvalue weighted by atomic mass is 10.0. The Labute approximate surface area is 201 Å². The van der Waals surface area contributed by atoms with E-state index in [9.17, 15) is 4.79 Å². The van der Waals surface area contributed by atoms with Gasteiger partial charge in [-0.3, -0.25) is 9.79 Å². The van der Waals surface area contributed by atoms with Crippen LogP contribution in [0.1, 0.15) is 36.4 Å². The molecular formula is C27H32N4O3. The fourth-order valence-corrected chi connectivity index (χ4v) is 4.21. The number of amides is 1. The van der Waals surface area contributed by atoms with Gasteiger partial charge in [0.25, 0.3) is 0 Å². The highest BCUT2D eigenvalue weighted by Gasteiger charge is 2.24. The number of carbonyl (C=O) groups excluding carboxylic acids is 1. The first-order chi connectivity index (χ1) is 16.4. The highest BCUT2D eigenvalue weighted by atomic mass is 16.5. The quantitative estimate of drug-likeness (QED) is 0.305. The summed E-state index contributed by atoms with van der Waals surface area (Å²) in [6.07, 6.45) is 0.658. The molecule has 2 N–H and O–H groups in total. The Morgan fingerprint density at radius 3 is 2.47 bits per heavy atom. The minimum atomic E-state index is 0.583. The molecule has 3 rings (SSSR count).